The normalized spacial score (nSPS) is 17.2. The maximum atomic E-state index is 12.0. The van der Waals surface area contributed by atoms with Gasteiger partial charge >= 0.3 is 5.97 Å². The predicted octanol–water partition coefficient (Wildman–Crippen LogP) is 1.40. The molecule has 2 aromatic rings. The fraction of sp³-hybridized carbons (Fsp3) is 0.200. The summed E-state index contributed by atoms with van der Waals surface area (Å²) in [6.07, 6.45) is -0.887. The van der Waals surface area contributed by atoms with Crippen LogP contribution in [0.4, 0.5) is 0 Å². The van der Waals surface area contributed by atoms with E-state index in [2.05, 4.69) is 0 Å². The van der Waals surface area contributed by atoms with Crippen molar-refractivity contribution in [2.24, 2.45) is 0 Å². The Bertz CT molecular complexity index is 765. The van der Waals surface area contributed by atoms with Crippen LogP contribution in [0.1, 0.15) is 26.3 Å². The van der Waals surface area contributed by atoms with E-state index in [0.717, 1.165) is 0 Å². The number of phenols is 1. The summed E-state index contributed by atoms with van der Waals surface area (Å²) in [7, 11) is 1.47. The van der Waals surface area contributed by atoms with Crippen molar-refractivity contribution in [1.29, 1.82) is 0 Å². The molecule has 2 N–H and O–H groups in total. The number of aliphatic hydroxyl groups is 1. The Hall–Kier alpha value is -2.60. The third-order valence-corrected chi connectivity index (χ3v) is 3.58. The van der Waals surface area contributed by atoms with E-state index in [1.165, 1.54) is 13.2 Å². The van der Waals surface area contributed by atoms with Gasteiger partial charge in [0.15, 0.2) is 6.29 Å². The third kappa shape index (κ3) is 1.92. The molecule has 1 atom stereocenters. The first-order valence-corrected chi connectivity index (χ1v) is 6.26. The minimum absolute atomic E-state index is 0.0125. The molecule has 2 aromatic carbocycles. The zero-order valence-corrected chi connectivity index (χ0v) is 11.1. The average Bonchev–Trinajstić information content (AvgIpc) is 2.46. The van der Waals surface area contributed by atoms with Gasteiger partial charge in [-0.15, -0.1) is 0 Å². The quantitative estimate of drug-likeness (QED) is 0.641. The molecule has 6 nitrogen and oxygen atoms in total. The number of phenolic OH excluding ortho intramolecular Hbond substituents is 1. The monoisotopic (exact) mass is 288 g/mol. The number of rotatable bonds is 2. The highest BCUT2D eigenvalue weighted by Crippen LogP contribution is 2.39. The number of carbonyl (C=O) groups is 2. The number of fused-ring (bicyclic) bond motifs is 3. The van der Waals surface area contributed by atoms with Gasteiger partial charge in [-0.05, 0) is 23.8 Å². The van der Waals surface area contributed by atoms with Gasteiger partial charge in [0.1, 0.15) is 11.5 Å². The van der Waals surface area contributed by atoms with E-state index in [1.807, 2.05) is 0 Å². The molecule has 108 valence electrons. The second-order valence-electron chi connectivity index (χ2n) is 4.71. The number of aliphatic hydroxyl groups excluding tert-OH is 1. The highest BCUT2D eigenvalue weighted by Gasteiger charge is 2.31. The van der Waals surface area contributed by atoms with E-state index < -0.39 is 12.3 Å². The Morgan fingerprint density at radius 3 is 2.81 bits per heavy atom. The molecular weight excluding hydrogens is 276 g/mol. The summed E-state index contributed by atoms with van der Waals surface area (Å²) in [5, 5.41) is 20.6. The topological polar surface area (TPSA) is 93.1 Å². The molecule has 6 heteroatoms. The first-order chi connectivity index (χ1) is 10.1. The minimum Gasteiger partial charge on any atom is -0.507 e. The van der Waals surface area contributed by atoms with Crippen molar-refractivity contribution < 1.29 is 29.3 Å². The summed E-state index contributed by atoms with van der Waals surface area (Å²) in [4.78, 5) is 23.3. The van der Waals surface area contributed by atoms with Crippen LogP contribution >= 0.6 is 0 Å². The van der Waals surface area contributed by atoms with Gasteiger partial charge in [0.2, 0.25) is 6.29 Å². The van der Waals surface area contributed by atoms with Crippen molar-refractivity contribution in [3.63, 3.8) is 0 Å². The number of esters is 1. The van der Waals surface area contributed by atoms with Crippen LogP contribution in [0.3, 0.4) is 0 Å². The van der Waals surface area contributed by atoms with Crippen molar-refractivity contribution >= 4 is 23.0 Å². The Balaban J connectivity index is 2.44. The summed E-state index contributed by atoms with van der Waals surface area (Å²) in [6.45, 7) is 0. The molecule has 3 rings (SSSR count). The molecule has 1 aliphatic heterocycles. The van der Waals surface area contributed by atoms with Crippen LogP contribution in [0.5, 0.6) is 11.5 Å². The minimum atomic E-state index is -1.32. The molecule has 21 heavy (non-hydrogen) atoms. The van der Waals surface area contributed by atoms with Crippen LogP contribution in [0, 0.1) is 0 Å². The number of methoxy groups -OCH3 is 1. The van der Waals surface area contributed by atoms with Gasteiger partial charge in [-0.1, -0.05) is 0 Å². The van der Waals surface area contributed by atoms with Crippen LogP contribution in [-0.2, 0) is 11.2 Å². The Labute approximate surface area is 119 Å². The van der Waals surface area contributed by atoms with E-state index in [1.54, 1.807) is 12.1 Å². The average molecular weight is 288 g/mol. The highest BCUT2D eigenvalue weighted by molar-refractivity contribution is 6.12. The number of carbonyl (C=O) groups excluding carboxylic acids is 2. The van der Waals surface area contributed by atoms with Crippen LogP contribution in [0.2, 0.25) is 0 Å². The van der Waals surface area contributed by atoms with Crippen molar-refractivity contribution in [2.75, 3.05) is 7.11 Å². The summed E-state index contributed by atoms with van der Waals surface area (Å²) in [5.41, 5.74) is 0.475. The molecule has 0 fully saturated rings. The fourth-order valence-electron chi connectivity index (χ4n) is 2.62. The molecule has 1 heterocycles. The molecule has 1 unspecified atom stereocenters. The van der Waals surface area contributed by atoms with E-state index in [4.69, 9.17) is 9.47 Å². The van der Waals surface area contributed by atoms with Crippen molar-refractivity contribution in [1.82, 2.24) is 0 Å². The summed E-state index contributed by atoms with van der Waals surface area (Å²) in [6, 6.07) is 4.79. The van der Waals surface area contributed by atoms with Crippen LogP contribution in [0.25, 0.3) is 10.8 Å². The zero-order chi connectivity index (χ0) is 15.1. The number of aromatic hydroxyl groups is 1. The molecular formula is C15H12O6. The van der Waals surface area contributed by atoms with E-state index in [-0.39, 0.29) is 23.3 Å². The lowest BCUT2D eigenvalue weighted by Crippen LogP contribution is -2.28. The predicted molar refractivity (Wildman–Crippen MR) is 72.7 cm³/mol. The smallest absolute Gasteiger partial charge is 0.341 e. The van der Waals surface area contributed by atoms with Gasteiger partial charge in [-0.2, -0.15) is 0 Å². The van der Waals surface area contributed by atoms with Crippen molar-refractivity contribution in [3.05, 3.63) is 34.9 Å². The molecule has 0 aliphatic carbocycles. The van der Waals surface area contributed by atoms with E-state index in [9.17, 15) is 19.8 Å². The lowest BCUT2D eigenvalue weighted by atomic mass is 9.90. The van der Waals surface area contributed by atoms with E-state index >= 15 is 0 Å². The van der Waals surface area contributed by atoms with Crippen molar-refractivity contribution in [3.8, 4) is 11.5 Å². The Morgan fingerprint density at radius 2 is 2.14 bits per heavy atom. The molecule has 0 bridgehead atoms. The summed E-state index contributed by atoms with van der Waals surface area (Å²) < 4.78 is 9.89. The molecule has 0 radical (unpaired) electrons. The first-order valence-electron chi connectivity index (χ1n) is 6.26. The fourth-order valence-corrected chi connectivity index (χ4v) is 2.62. The molecule has 0 aromatic heterocycles. The molecule has 1 aliphatic rings. The molecule has 0 spiro atoms. The van der Waals surface area contributed by atoms with Gasteiger partial charge in [-0.3, -0.25) is 4.79 Å². The van der Waals surface area contributed by atoms with Gasteiger partial charge in [0.05, 0.1) is 18.2 Å². The van der Waals surface area contributed by atoms with Gasteiger partial charge in [0.25, 0.3) is 0 Å². The lowest BCUT2D eigenvalue weighted by Gasteiger charge is -2.24. The third-order valence-electron chi connectivity index (χ3n) is 3.58. The van der Waals surface area contributed by atoms with Crippen molar-refractivity contribution in [2.45, 2.75) is 12.7 Å². The number of cyclic esters (lactones) is 1. The Kier molecular flexibility index (Phi) is 3.03. The van der Waals surface area contributed by atoms with Crippen LogP contribution < -0.4 is 4.74 Å². The first kappa shape index (κ1) is 13.4. The summed E-state index contributed by atoms with van der Waals surface area (Å²) in [5.74, 6) is -0.472. The maximum Gasteiger partial charge on any atom is 0.341 e. The van der Waals surface area contributed by atoms with E-state index in [0.29, 0.717) is 28.4 Å². The standard InChI is InChI=1S/C15H12O6/c1-20-7-2-3-8-10(4-7)14(18)11(6-16)9-5-12(17)21-15(19)13(8)9/h2-4,6,12,17-18H,5H2,1H3. The zero-order valence-electron chi connectivity index (χ0n) is 11.1. The SMILES string of the molecule is COc1ccc2c3c(c(C=O)c(O)c2c1)CC(O)OC3=O. The molecule has 0 amide bonds. The summed E-state index contributed by atoms with van der Waals surface area (Å²) >= 11 is 0. The van der Waals surface area contributed by atoms with Crippen LogP contribution in [0.15, 0.2) is 18.2 Å². The lowest BCUT2D eigenvalue weighted by molar-refractivity contribution is -0.0685. The number of aldehydes is 1. The number of ether oxygens (including phenoxy) is 2. The second-order valence-corrected chi connectivity index (χ2v) is 4.71. The largest absolute Gasteiger partial charge is 0.507 e. The molecule has 0 saturated carbocycles. The maximum absolute atomic E-state index is 12.0. The van der Waals surface area contributed by atoms with Gasteiger partial charge < -0.3 is 19.7 Å². The van der Waals surface area contributed by atoms with Crippen LogP contribution in [-0.4, -0.2) is 35.9 Å². The Morgan fingerprint density at radius 1 is 1.38 bits per heavy atom. The number of hydrogen-bond donors (Lipinski definition) is 2. The van der Waals surface area contributed by atoms with Gasteiger partial charge in [-0.25, -0.2) is 4.79 Å². The molecule has 0 saturated heterocycles. The van der Waals surface area contributed by atoms with Gasteiger partial charge in [0, 0.05) is 17.2 Å². The number of benzene rings is 2. The highest BCUT2D eigenvalue weighted by atomic mass is 16.6. The number of hydrogen-bond acceptors (Lipinski definition) is 6. The second kappa shape index (κ2) is 4.75.